The molecule has 0 unspecified atom stereocenters. The number of benzene rings is 2. The van der Waals surface area contributed by atoms with E-state index < -0.39 is 6.16 Å². The lowest BCUT2D eigenvalue weighted by atomic mass is 10.0. The molecular weight excluding hydrogens is 204 g/mol. The van der Waals surface area contributed by atoms with Gasteiger partial charge in [0.1, 0.15) is 11.5 Å². The van der Waals surface area contributed by atoms with Crippen LogP contribution in [0.15, 0.2) is 48.5 Å². The summed E-state index contributed by atoms with van der Waals surface area (Å²) in [5, 5.41) is 0. The van der Waals surface area contributed by atoms with Crippen LogP contribution in [0.4, 0.5) is 4.79 Å². The Labute approximate surface area is 92.2 Å². The molecule has 0 N–H and O–H groups in total. The van der Waals surface area contributed by atoms with Crippen molar-refractivity contribution in [2.75, 3.05) is 0 Å². The number of rotatable bonds is 0. The highest BCUT2D eigenvalue weighted by molar-refractivity contribution is 5.83. The third-order valence-corrected chi connectivity index (χ3v) is 2.45. The molecule has 0 saturated heterocycles. The Kier molecular flexibility index (Phi) is 1.90. The Morgan fingerprint density at radius 2 is 1.12 bits per heavy atom. The third-order valence-electron chi connectivity index (χ3n) is 2.45. The van der Waals surface area contributed by atoms with Crippen LogP contribution in [0.1, 0.15) is 0 Å². The summed E-state index contributed by atoms with van der Waals surface area (Å²) in [4.78, 5) is 11.4. The van der Waals surface area contributed by atoms with Gasteiger partial charge in [0.05, 0.1) is 0 Å². The van der Waals surface area contributed by atoms with E-state index in [1.165, 1.54) is 0 Å². The lowest BCUT2D eigenvalue weighted by Gasteiger charge is -2.04. The summed E-state index contributed by atoms with van der Waals surface area (Å²) in [6.45, 7) is 0. The maximum absolute atomic E-state index is 11.4. The van der Waals surface area contributed by atoms with E-state index in [2.05, 4.69) is 0 Å². The van der Waals surface area contributed by atoms with Crippen LogP contribution in [-0.4, -0.2) is 6.16 Å². The zero-order chi connectivity index (χ0) is 11.0. The number of para-hydroxylation sites is 2. The Morgan fingerprint density at radius 3 is 1.62 bits per heavy atom. The normalized spacial score (nSPS) is 12.9. The van der Waals surface area contributed by atoms with Crippen molar-refractivity contribution in [2.45, 2.75) is 0 Å². The van der Waals surface area contributed by atoms with Crippen molar-refractivity contribution in [1.82, 2.24) is 0 Å². The number of hydrogen-bond donors (Lipinski definition) is 0. The largest absolute Gasteiger partial charge is 0.519 e. The van der Waals surface area contributed by atoms with Gasteiger partial charge in [-0.1, -0.05) is 36.4 Å². The zero-order valence-corrected chi connectivity index (χ0v) is 8.34. The van der Waals surface area contributed by atoms with Crippen LogP contribution < -0.4 is 9.47 Å². The second-order valence-corrected chi connectivity index (χ2v) is 3.45. The Bertz CT molecular complexity index is 511. The molecule has 0 spiro atoms. The van der Waals surface area contributed by atoms with Crippen LogP contribution in [0.3, 0.4) is 0 Å². The fourth-order valence-corrected chi connectivity index (χ4v) is 1.76. The number of ether oxygens (including phenoxy) is 2. The minimum absolute atomic E-state index is 0.525. The molecule has 0 atom stereocenters. The van der Waals surface area contributed by atoms with E-state index in [0.29, 0.717) is 11.5 Å². The predicted octanol–water partition coefficient (Wildman–Crippen LogP) is 3.24. The van der Waals surface area contributed by atoms with Crippen LogP contribution in [0.25, 0.3) is 11.1 Å². The molecule has 3 heteroatoms. The van der Waals surface area contributed by atoms with Crippen molar-refractivity contribution < 1.29 is 14.3 Å². The van der Waals surface area contributed by atoms with Gasteiger partial charge in [-0.15, -0.1) is 0 Å². The molecule has 16 heavy (non-hydrogen) atoms. The van der Waals surface area contributed by atoms with Gasteiger partial charge in [0.15, 0.2) is 0 Å². The van der Waals surface area contributed by atoms with Crippen molar-refractivity contribution in [2.24, 2.45) is 0 Å². The quantitative estimate of drug-likeness (QED) is 0.496. The third kappa shape index (κ3) is 1.34. The van der Waals surface area contributed by atoms with Gasteiger partial charge in [-0.3, -0.25) is 0 Å². The molecule has 0 fully saturated rings. The first-order chi connectivity index (χ1) is 7.84. The van der Waals surface area contributed by atoms with E-state index in [1.807, 2.05) is 36.4 Å². The summed E-state index contributed by atoms with van der Waals surface area (Å²) in [7, 11) is 0. The molecule has 0 amide bonds. The molecule has 2 aromatic carbocycles. The van der Waals surface area contributed by atoms with Gasteiger partial charge in [0.2, 0.25) is 0 Å². The molecule has 3 rings (SSSR count). The molecule has 0 bridgehead atoms. The molecule has 2 aromatic rings. The van der Waals surface area contributed by atoms with Gasteiger partial charge >= 0.3 is 6.16 Å². The lowest BCUT2D eigenvalue weighted by molar-refractivity contribution is 0.154. The monoisotopic (exact) mass is 212 g/mol. The SMILES string of the molecule is O=C1Oc2ccccc2-c2ccccc2O1. The maximum Gasteiger partial charge on any atom is 0.519 e. The minimum Gasteiger partial charge on any atom is -0.394 e. The van der Waals surface area contributed by atoms with Crippen LogP contribution in [0.2, 0.25) is 0 Å². The number of carbonyl (C=O) groups is 1. The molecule has 1 aliphatic rings. The summed E-state index contributed by atoms with van der Waals surface area (Å²) in [6.07, 6.45) is -0.697. The van der Waals surface area contributed by atoms with E-state index in [4.69, 9.17) is 9.47 Å². The summed E-state index contributed by atoms with van der Waals surface area (Å²) in [5.74, 6) is 1.05. The lowest BCUT2D eigenvalue weighted by Crippen LogP contribution is -2.11. The van der Waals surface area contributed by atoms with Crippen molar-refractivity contribution in [3.8, 4) is 22.6 Å². The average molecular weight is 212 g/mol. The first-order valence-corrected chi connectivity index (χ1v) is 4.93. The highest BCUT2D eigenvalue weighted by Gasteiger charge is 2.20. The van der Waals surface area contributed by atoms with E-state index in [9.17, 15) is 4.79 Å². The summed E-state index contributed by atoms with van der Waals surface area (Å²) >= 11 is 0. The van der Waals surface area contributed by atoms with Gasteiger partial charge in [0, 0.05) is 11.1 Å². The maximum atomic E-state index is 11.4. The van der Waals surface area contributed by atoms with Crippen molar-refractivity contribution in [3.63, 3.8) is 0 Å². The molecule has 0 aromatic heterocycles. The second kappa shape index (κ2) is 3.38. The fraction of sp³-hybridized carbons (Fsp3) is 0. The van der Waals surface area contributed by atoms with Crippen LogP contribution in [0.5, 0.6) is 11.5 Å². The molecular formula is C13H8O3. The summed E-state index contributed by atoms with van der Waals surface area (Å²) in [6, 6.07) is 14.7. The van der Waals surface area contributed by atoms with Crippen molar-refractivity contribution in [3.05, 3.63) is 48.5 Å². The van der Waals surface area contributed by atoms with E-state index in [0.717, 1.165) is 11.1 Å². The molecule has 3 nitrogen and oxygen atoms in total. The first kappa shape index (κ1) is 8.97. The number of hydrogen-bond acceptors (Lipinski definition) is 3. The predicted molar refractivity (Wildman–Crippen MR) is 58.5 cm³/mol. The number of carbonyl (C=O) groups excluding carboxylic acids is 1. The molecule has 1 aliphatic heterocycles. The highest BCUT2D eigenvalue weighted by Crippen LogP contribution is 2.38. The Balaban J connectivity index is 2.30. The Hall–Kier alpha value is -2.29. The fourth-order valence-electron chi connectivity index (χ4n) is 1.76. The molecule has 0 saturated carbocycles. The zero-order valence-electron chi connectivity index (χ0n) is 8.34. The van der Waals surface area contributed by atoms with E-state index in [1.54, 1.807) is 12.1 Å². The average Bonchev–Trinajstić information content (AvgIpc) is 2.44. The van der Waals surface area contributed by atoms with E-state index >= 15 is 0 Å². The standard InChI is InChI=1S/C13H8O3/c14-13-15-11-7-3-1-5-9(11)10-6-2-4-8-12(10)16-13/h1-8H. The first-order valence-electron chi connectivity index (χ1n) is 4.93. The topological polar surface area (TPSA) is 35.5 Å². The van der Waals surface area contributed by atoms with Crippen LogP contribution in [0, 0.1) is 0 Å². The smallest absolute Gasteiger partial charge is 0.394 e. The van der Waals surface area contributed by atoms with Crippen LogP contribution >= 0.6 is 0 Å². The molecule has 78 valence electrons. The van der Waals surface area contributed by atoms with Gasteiger partial charge in [-0.25, -0.2) is 4.79 Å². The minimum atomic E-state index is -0.697. The van der Waals surface area contributed by atoms with E-state index in [-0.39, 0.29) is 0 Å². The summed E-state index contributed by atoms with van der Waals surface area (Å²) < 4.78 is 10.2. The van der Waals surface area contributed by atoms with Gasteiger partial charge in [0.25, 0.3) is 0 Å². The van der Waals surface area contributed by atoms with Crippen molar-refractivity contribution >= 4 is 6.16 Å². The number of fused-ring (bicyclic) bond motifs is 3. The van der Waals surface area contributed by atoms with Gasteiger partial charge in [-0.2, -0.15) is 0 Å². The van der Waals surface area contributed by atoms with Gasteiger partial charge in [-0.05, 0) is 12.1 Å². The Morgan fingerprint density at radius 1 is 0.688 bits per heavy atom. The van der Waals surface area contributed by atoms with Gasteiger partial charge < -0.3 is 9.47 Å². The highest BCUT2D eigenvalue weighted by atomic mass is 16.7. The molecule has 1 heterocycles. The molecule has 0 aliphatic carbocycles. The van der Waals surface area contributed by atoms with Crippen LogP contribution in [-0.2, 0) is 0 Å². The molecule has 0 radical (unpaired) electrons. The van der Waals surface area contributed by atoms with Crippen molar-refractivity contribution in [1.29, 1.82) is 0 Å². The second-order valence-electron chi connectivity index (χ2n) is 3.45. The summed E-state index contributed by atoms with van der Waals surface area (Å²) in [5.41, 5.74) is 1.73.